The quantitative estimate of drug-likeness (QED) is 0.124. The summed E-state index contributed by atoms with van der Waals surface area (Å²) in [6, 6.07) is 32.1. The SMILES string of the molecule is CCC(C)c1cccc2[cH-]c(C3CCCCC3)cc12.C[Si]C.Cc1cc2c(-c3ccc([Si](C)(C)C)cc3)cccc2[cH-]1.[Cl][Zr+2][Cl]. The minimum atomic E-state index is -1.21. The van der Waals surface area contributed by atoms with Crippen LogP contribution in [0.2, 0.25) is 32.7 Å². The van der Waals surface area contributed by atoms with Gasteiger partial charge in [-0.3, -0.25) is 0 Å². The number of hydrogen-bond acceptors (Lipinski definition) is 0. The van der Waals surface area contributed by atoms with E-state index in [2.05, 4.69) is 138 Å². The second-order valence-corrected chi connectivity index (χ2v) is 23.3. The Bertz CT molecular complexity index is 1570. The van der Waals surface area contributed by atoms with E-state index in [-0.39, 0.29) is 0 Å². The minimum absolute atomic E-state index is 0.672. The first-order valence-corrected chi connectivity index (χ1v) is 28.4. The predicted molar refractivity (Wildman–Crippen MR) is 206 cm³/mol. The molecule has 0 aliphatic heterocycles. The normalized spacial score (nSPS) is 13.9. The van der Waals surface area contributed by atoms with Gasteiger partial charge in [0.2, 0.25) is 0 Å². The molecular formula is C40H52Cl2Si2Zr. The van der Waals surface area contributed by atoms with E-state index in [9.17, 15) is 0 Å². The first-order valence-electron chi connectivity index (χ1n) is 16.6. The molecule has 1 aliphatic carbocycles. The third-order valence-corrected chi connectivity index (χ3v) is 11.0. The maximum absolute atomic E-state index is 4.93. The van der Waals surface area contributed by atoms with Gasteiger partial charge in [0, 0.05) is 9.52 Å². The number of hydrogen-bond donors (Lipinski definition) is 0. The van der Waals surface area contributed by atoms with Crippen molar-refractivity contribution in [3.8, 4) is 11.1 Å². The molecule has 1 fully saturated rings. The summed E-state index contributed by atoms with van der Waals surface area (Å²) in [5.74, 6) is 1.50. The molecule has 45 heavy (non-hydrogen) atoms. The molecule has 1 saturated carbocycles. The van der Waals surface area contributed by atoms with Gasteiger partial charge in [0.1, 0.15) is 0 Å². The second kappa shape index (κ2) is 18.9. The number of halogens is 2. The Morgan fingerprint density at radius 2 is 1.42 bits per heavy atom. The number of rotatable bonds is 5. The van der Waals surface area contributed by atoms with Crippen molar-refractivity contribution in [1.82, 2.24) is 0 Å². The summed E-state index contributed by atoms with van der Waals surface area (Å²) in [6.45, 7) is 18.3. The van der Waals surface area contributed by atoms with E-state index < -0.39 is 28.9 Å². The van der Waals surface area contributed by atoms with Gasteiger partial charge in [-0.05, 0) is 30.2 Å². The molecule has 0 spiro atoms. The first kappa shape index (κ1) is 38.2. The summed E-state index contributed by atoms with van der Waals surface area (Å²) in [5, 5.41) is 7.20. The Kier molecular flexibility index (Phi) is 16.1. The van der Waals surface area contributed by atoms with Crippen molar-refractivity contribution < 1.29 is 20.8 Å². The van der Waals surface area contributed by atoms with Crippen molar-refractivity contribution in [1.29, 1.82) is 0 Å². The van der Waals surface area contributed by atoms with E-state index >= 15 is 0 Å². The Morgan fingerprint density at radius 1 is 0.844 bits per heavy atom. The summed E-state index contributed by atoms with van der Waals surface area (Å²) in [5.41, 5.74) is 7.15. The van der Waals surface area contributed by atoms with Gasteiger partial charge in [-0.15, -0.1) is 69.1 Å². The van der Waals surface area contributed by atoms with Crippen LogP contribution in [0.1, 0.15) is 80.9 Å². The van der Waals surface area contributed by atoms with Gasteiger partial charge in [-0.2, -0.15) is 12.1 Å². The van der Waals surface area contributed by atoms with Crippen LogP contribution in [0.4, 0.5) is 0 Å². The maximum atomic E-state index is 4.93. The molecule has 0 aromatic heterocycles. The van der Waals surface area contributed by atoms with Gasteiger partial charge in [0.15, 0.2) is 0 Å². The van der Waals surface area contributed by atoms with Crippen molar-refractivity contribution in [2.75, 3.05) is 0 Å². The number of aryl methyl sites for hydroxylation is 1. The Hall–Kier alpha value is -1.22. The van der Waals surface area contributed by atoms with Crippen molar-refractivity contribution in [2.24, 2.45) is 0 Å². The fourth-order valence-electron chi connectivity index (χ4n) is 6.39. The molecule has 5 heteroatoms. The number of benzene rings is 3. The molecule has 0 saturated heterocycles. The molecule has 0 heterocycles. The number of fused-ring (bicyclic) bond motifs is 2. The molecule has 0 bridgehead atoms. The van der Waals surface area contributed by atoms with E-state index in [0.717, 1.165) is 15.4 Å². The average molecular weight is 751 g/mol. The zero-order valence-electron chi connectivity index (χ0n) is 28.7. The predicted octanol–water partition coefficient (Wildman–Crippen LogP) is 13.4. The average Bonchev–Trinajstić information content (AvgIpc) is 3.65. The van der Waals surface area contributed by atoms with Gasteiger partial charge in [-0.1, -0.05) is 132 Å². The molecule has 0 nitrogen and oxygen atoms in total. The van der Waals surface area contributed by atoms with E-state index in [1.165, 1.54) is 81.9 Å². The van der Waals surface area contributed by atoms with Crippen molar-refractivity contribution in [3.63, 3.8) is 0 Å². The van der Waals surface area contributed by atoms with Crippen LogP contribution in [-0.2, 0) is 20.8 Å². The van der Waals surface area contributed by atoms with Gasteiger partial charge in [0.05, 0.1) is 8.07 Å². The van der Waals surface area contributed by atoms with Crippen LogP contribution in [-0.4, -0.2) is 17.6 Å². The van der Waals surface area contributed by atoms with E-state index in [0.29, 0.717) is 5.92 Å². The Labute approximate surface area is 296 Å². The van der Waals surface area contributed by atoms with Crippen LogP contribution in [0.25, 0.3) is 32.7 Å². The van der Waals surface area contributed by atoms with Crippen LogP contribution < -0.4 is 5.19 Å². The molecule has 1 atom stereocenters. The van der Waals surface area contributed by atoms with Crippen LogP contribution in [0.3, 0.4) is 0 Å². The zero-order chi connectivity index (χ0) is 33.0. The van der Waals surface area contributed by atoms with Gasteiger partial charge in [0.25, 0.3) is 0 Å². The molecular weight excluding hydrogens is 699 g/mol. The first-order chi connectivity index (χ1) is 21.6. The Balaban J connectivity index is 0.000000209. The van der Waals surface area contributed by atoms with Gasteiger partial charge >= 0.3 is 37.9 Å². The molecule has 0 amide bonds. The summed E-state index contributed by atoms with van der Waals surface area (Å²) in [4.78, 5) is 0. The standard InChI is InChI=1S/C19H21Si.C19H25.C2H6Si.2ClH.Zr/c1-14-12-16-6-5-7-18(19(16)13-14)15-8-10-17(11-9-15)20(2,3)4;1-3-14(2)18-11-7-10-16-12-17(13-19(16)18)15-8-5-4-6-9-15;1-3-2;;;/h5-13H,1-4H3;7,10-15H,3-6,8-9H2,1-2H3;1-2H3;2*1H;/q2*-1;;;;+4/p-2. The fraction of sp³-hybridized carbons (Fsp3) is 0.400. The summed E-state index contributed by atoms with van der Waals surface area (Å²) >= 11 is -0.826. The second-order valence-electron chi connectivity index (χ2n) is 13.5. The van der Waals surface area contributed by atoms with Crippen molar-refractivity contribution in [3.05, 3.63) is 102 Å². The fourth-order valence-corrected chi connectivity index (χ4v) is 7.56. The molecule has 0 N–H and O–H groups in total. The molecule has 1 aliphatic rings. The third kappa shape index (κ3) is 10.9. The van der Waals surface area contributed by atoms with Crippen molar-refractivity contribution in [2.45, 2.75) is 104 Å². The monoisotopic (exact) mass is 748 g/mol. The zero-order valence-corrected chi connectivity index (χ0v) is 34.7. The molecule has 1 unspecified atom stereocenters. The van der Waals surface area contributed by atoms with Crippen LogP contribution in [0.5, 0.6) is 0 Å². The summed E-state index contributed by atoms with van der Waals surface area (Å²) < 4.78 is 0. The molecule has 238 valence electrons. The van der Waals surface area contributed by atoms with Crippen LogP contribution in [0.15, 0.2) is 84.9 Å². The summed E-state index contributed by atoms with van der Waals surface area (Å²) in [7, 11) is 9.74. The molecule has 6 rings (SSSR count). The van der Waals surface area contributed by atoms with Gasteiger partial charge < -0.3 is 0 Å². The molecule has 5 aromatic rings. The van der Waals surface area contributed by atoms with Crippen LogP contribution >= 0.6 is 17.0 Å². The molecule has 2 radical (unpaired) electrons. The molecule has 5 aromatic carbocycles. The van der Waals surface area contributed by atoms with E-state index in [1.54, 1.807) is 11.1 Å². The topological polar surface area (TPSA) is 0 Å². The third-order valence-electron chi connectivity index (χ3n) is 8.98. The summed E-state index contributed by atoms with van der Waals surface area (Å²) in [6.07, 6.45) is 8.30. The van der Waals surface area contributed by atoms with E-state index in [4.69, 9.17) is 17.0 Å². The van der Waals surface area contributed by atoms with Gasteiger partial charge in [-0.25, -0.2) is 0 Å². The Morgan fingerprint density at radius 3 is 2.00 bits per heavy atom. The van der Waals surface area contributed by atoms with Crippen molar-refractivity contribution >= 4 is 61.4 Å². The van der Waals surface area contributed by atoms with Crippen LogP contribution in [0, 0.1) is 6.92 Å². The van der Waals surface area contributed by atoms with E-state index in [1.807, 2.05) is 0 Å².